The van der Waals surface area contributed by atoms with Crippen LogP contribution in [-0.4, -0.2) is 16.7 Å². The summed E-state index contributed by atoms with van der Waals surface area (Å²) in [6.07, 6.45) is 4.90. The lowest BCUT2D eigenvalue weighted by atomic mass is 9.73. The van der Waals surface area contributed by atoms with E-state index in [4.69, 9.17) is 0 Å². The Bertz CT molecular complexity index is 1190. The lowest BCUT2D eigenvalue weighted by Gasteiger charge is -2.40. The summed E-state index contributed by atoms with van der Waals surface area (Å²) in [6, 6.07) is 20.2. The molecule has 2 atom stereocenters. The molecule has 0 saturated carbocycles. The summed E-state index contributed by atoms with van der Waals surface area (Å²) in [6.45, 7) is 4.08. The largest absolute Gasteiger partial charge is 0.294 e. The molecule has 4 nitrogen and oxygen atoms in total. The summed E-state index contributed by atoms with van der Waals surface area (Å²) < 4.78 is 0. The van der Waals surface area contributed by atoms with Crippen LogP contribution in [0.2, 0.25) is 0 Å². The van der Waals surface area contributed by atoms with Gasteiger partial charge in [-0.3, -0.25) is 19.5 Å². The average Bonchev–Trinajstić information content (AvgIpc) is 2.78. The Balaban J connectivity index is 1.67. The Morgan fingerprint density at radius 2 is 1.50 bits per heavy atom. The third-order valence-electron chi connectivity index (χ3n) is 6.57. The zero-order valence-corrected chi connectivity index (χ0v) is 18.4. The van der Waals surface area contributed by atoms with Crippen molar-refractivity contribution in [3.05, 3.63) is 107 Å². The molecule has 0 N–H and O–H groups in total. The Kier molecular flexibility index (Phi) is 5.22. The molecule has 0 radical (unpaired) electrons. The quantitative estimate of drug-likeness (QED) is 0.550. The Hall–Kier alpha value is -3.53. The highest BCUT2D eigenvalue weighted by molar-refractivity contribution is 6.08. The molecule has 2 unspecified atom stereocenters. The molecule has 2 aromatic carbocycles. The van der Waals surface area contributed by atoms with E-state index in [2.05, 4.69) is 23.2 Å². The first-order chi connectivity index (χ1) is 15.5. The van der Waals surface area contributed by atoms with Gasteiger partial charge < -0.3 is 0 Å². The van der Waals surface area contributed by atoms with E-state index < -0.39 is 0 Å². The van der Waals surface area contributed by atoms with Crippen molar-refractivity contribution < 1.29 is 9.59 Å². The first kappa shape index (κ1) is 20.4. The van der Waals surface area contributed by atoms with Crippen molar-refractivity contribution in [1.29, 1.82) is 0 Å². The third-order valence-corrected chi connectivity index (χ3v) is 6.57. The molecule has 160 valence electrons. The summed E-state index contributed by atoms with van der Waals surface area (Å²) >= 11 is 0. The number of aryl methyl sites for hydroxylation is 2. The van der Waals surface area contributed by atoms with Crippen LogP contribution in [0.3, 0.4) is 0 Å². The number of rotatable bonds is 3. The first-order valence-electron chi connectivity index (χ1n) is 11.1. The minimum absolute atomic E-state index is 0.0390. The minimum Gasteiger partial charge on any atom is -0.294 e. The number of carbonyl (C=O) groups is 2. The van der Waals surface area contributed by atoms with Crippen molar-refractivity contribution in [2.45, 2.75) is 44.9 Å². The molecule has 0 fully saturated rings. The number of nitrogens with zero attached hydrogens (tertiary/aromatic N) is 2. The average molecular weight is 423 g/mol. The molecule has 0 spiro atoms. The Morgan fingerprint density at radius 3 is 2.19 bits per heavy atom. The summed E-state index contributed by atoms with van der Waals surface area (Å²) in [4.78, 5) is 33.1. The van der Waals surface area contributed by atoms with E-state index in [9.17, 15) is 9.59 Å². The molecule has 0 bridgehead atoms. The highest BCUT2D eigenvalue weighted by atomic mass is 16.2. The van der Waals surface area contributed by atoms with Gasteiger partial charge in [0, 0.05) is 48.1 Å². The van der Waals surface area contributed by atoms with Crippen molar-refractivity contribution in [3.63, 3.8) is 0 Å². The summed E-state index contributed by atoms with van der Waals surface area (Å²) in [7, 11) is 0. The zero-order chi connectivity index (χ0) is 22.2. The number of hydrogen-bond acceptors (Lipinski definition) is 3. The van der Waals surface area contributed by atoms with Gasteiger partial charge >= 0.3 is 0 Å². The van der Waals surface area contributed by atoms with E-state index in [-0.39, 0.29) is 29.9 Å². The molecule has 0 saturated heterocycles. The molecule has 5 rings (SSSR count). The maximum atomic E-state index is 13.6. The number of benzene rings is 2. The predicted octanol–water partition coefficient (Wildman–Crippen LogP) is 5.62. The SMILES string of the molecule is Cc1cc(C)cc(N2C(=O)CC(c3ccncc3)C3=C2CC(c2ccccc2)CC3=O)c1. The van der Waals surface area contributed by atoms with Crippen molar-refractivity contribution in [3.8, 4) is 0 Å². The molecule has 1 aliphatic heterocycles. The van der Waals surface area contributed by atoms with Gasteiger partial charge in [-0.15, -0.1) is 0 Å². The molecule has 3 aromatic rings. The maximum absolute atomic E-state index is 13.6. The van der Waals surface area contributed by atoms with Crippen LogP contribution >= 0.6 is 0 Å². The van der Waals surface area contributed by atoms with Gasteiger partial charge in [0.1, 0.15) is 0 Å². The Labute approximate surface area is 188 Å². The van der Waals surface area contributed by atoms with E-state index in [0.29, 0.717) is 12.8 Å². The normalized spacial score (nSPS) is 21.0. The van der Waals surface area contributed by atoms with Gasteiger partial charge in [-0.25, -0.2) is 0 Å². The summed E-state index contributed by atoms with van der Waals surface area (Å²) in [5.41, 5.74) is 6.84. The minimum atomic E-state index is -0.216. The number of ketones is 1. The van der Waals surface area contributed by atoms with E-state index in [1.54, 1.807) is 12.4 Å². The van der Waals surface area contributed by atoms with Crippen LogP contribution < -0.4 is 4.90 Å². The van der Waals surface area contributed by atoms with Crippen LogP contribution in [0.25, 0.3) is 0 Å². The molecule has 1 aliphatic carbocycles. The van der Waals surface area contributed by atoms with Crippen LogP contribution in [0.4, 0.5) is 5.69 Å². The van der Waals surface area contributed by atoms with Gasteiger partial charge in [-0.2, -0.15) is 0 Å². The lowest BCUT2D eigenvalue weighted by Crippen LogP contribution is -2.41. The smallest absolute Gasteiger partial charge is 0.232 e. The molecular weight excluding hydrogens is 396 g/mol. The lowest BCUT2D eigenvalue weighted by molar-refractivity contribution is -0.120. The van der Waals surface area contributed by atoms with Crippen molar-refractivity contribution in [2.24, 2.45) is 0 Å². The summed E-state index contributed by atoms with van der Waals surface area (Å²) in [5.74, 6) is 0.0348. The van der Waals surface area contributed by atoms with Crippen LogP contribution in [0, 0.1) is 13.8 Å². The number of pyridine rings is 1. The number of carbonyl (C=O) groups excluding carboxylic acids is 2. The van der Waals surface area contributed by atoms with Gasteiger partial charge in [0.05, 0.1) is 0 Å². The number of aromatic nitrogens is 1. The predicted molar refractivity (Wildman–Crippen MR) is 125 cm³/mol. The fraction of sp³-hybridized carbons (Fsp3) is 0.250. The number of amides is 1. The number of anilines is 1. The van der Waals surface area contributed by atoms with Crippen LogP contribution in [0.15, 0.2) is 84.3 Å². The molecule has 1 aromatic heterocycles. The van der Waals surface area contributed by atoms with E-state index in [1.807, 2.05) is 61.2 Å². The van der Waals surface area contributed by atoms with E-state index in [0.717, 1.165) is 39.2 Å². The topological polar surface area (TPSA) is 50.3 Å². The molecule has 4 heteroatoms. The standard InChI is InChI=1S/C28H26N2O2/c1-18-12-19(2)14-23(13-18)30-25-15-22(20-6-4-3-5-7-20)16-26(31)28(25)24(17-27(30)32)21-8-10-29-11-9-21/h3-14,22,24H,15-17H2,1-2H3. The first-order valence-corrected chi connectivity index (χ1v) is 11.1. The van der Waals surface area contributed by atoms with Gasteiger partial charge in [0.15, 0.2) is 5.78 Å². The second-order valence-corrected chi connectivity index (χ2v) is 8.91. The molecular formula is C28H26N2O2. The monoisotopic (exact) mass is 422 g/mol. The zero-order valence-electron chi connectivity index (χ0n) is 18.4. The number of allylic oxidation sites excluding steroid dienone is 2. The van der Waals surface area contributed by atoms with Gasteiger partial charge in [0.2, 0.25) is 5.91 Å². The third kappa shape index (κ3) is 3.66. The fourth-order valence-electron chi connectivity index (χ4n) is 5.26. The molecule has 1 amide bonds. The van der Waals surface area contributed by atoms with Crippen molar-refractivity contribution in [2.75, 3.05) is 4.90 Å². The van der Waals surface area contributed by atoms with Crippen LogP contribution in [-0.2, 0) is 9.59 Å². The van der Waals surface area contributed by atoms with Gasteiger partial charge in [0.25, 0.3) is 0 Å². The number of hydrogen-bond donors (Lipinski definition) is 0. The molecule has 32 heavy (non-hydrogen) atoms. The van der Waals surface area contributed by atoms with E-state index in [1.165, 1.54) is 0 Å². The Morgan fingerprint density at radius 1 is 0.812 bits per heavy atom. The van der Waals surface area contributed by atoms with E-state index >= 15 is 0 Å². The maximum Gasteiger partial charge on any atom is 0.232 e. The van der Waals surface area contributed by atoms with Gasteiger partial charge in [-0.1, -0.05) is 36.4 Å². The van der Waals surface area contributed by atoms with Crippen molar-refractivity contribution in [1.82, 2.24) is 4.98 Å². The van der Waals surface area contributed by atoms with Crippen LogP contribution in [0.1, 0.15) is 53.4 Å². The van der Waals surface area contributed by atoms with Gasteiger partial charge in [-0.05, 0) is 72.7 Å². The highest BCUT2D eigenvalue weighted by Gasteiger charge is 2.42. The molecule has 2 aliphatic rings. The van der Waals surface area contributed by atoms with Crippen LogP contribution in [0.5, 0.6) is 0 Å². The highest BCUT2D eigenvalue weighted by Crippen LogP contribution is 2.47. The fourth-order valence-corrected chi connectivity index (χ4v) is 5.26. The van der Waals surface area contributed by atoms with Crippen molar-refractivity contribution >= 4 is 17.4 Å². The second kappa shape index (κ2) is 8.19. The second-order valence-electron chi connectivity index (χ2n) is 8.91. The molecule has 2 heterocycles. The summed E-state index contributed by atoms with van der Waals surface area (Å²) in [5, 5.41) is 0. The number of Topliss-reactive ketones (excluding diaryl/α,β-unsaturated/α-hetero) is 1.